The molecular weight excluding hydrogens is 224 g/mol. The Labute approximate surface area is 98.1 Å². The van der Waals surface area contributed by atoms with Gasteiger partial charge in [-0.3, -0.25) is 0 Å². The summed E-state index contributed by atoms with van der Waals surface area (Å²) >= 11 is 0. The van der Waals surface area contributed by atoms with Crippen molar-refractivity contribution in [3.05, 3.63) is 29.6 Å². The number of esters is 1. The van der Waals surface area contributed by atoms with Crippen molar-refractivity contribution in [1.82, 2.24) is 4.98 Å². The van der Waals surface area contributed by atoms with E-state index in [2.05, 4.69) is 9.72 Å². The number of aliphatic hydroxyl groups is 2. The highest BCUT2D eigenvalue weighted by molar-refractivity contribution is 5.75. The van der Waals surface area contributed by atoms with Gasteiger partial charge in [-0.25, -0.2) is 9.78 Å². The van der Waals surface area contributed by atoms with Gasteiger partial charge < -0.3 is 14.9 Å². The van der Waals surface area contributed by atoms with E-state index in [9.17, 15) is 15.0 Å². The number of aromatic nitrogens is 1. The number of carbonyl (C=O) groups is 1. The zero-order valence-corrected chi connectivity index (χ0v) is 9.20. The number of aliphatic hydroxyl groups excluding tert-OH is 2. The molecule has 1 rings (SSSR count). The topological polar surface area (TPSA) is 103 Å². The minimum Gasteiger partial charge on any atom is -0.464 e. The third-order valence-electron chi connectivity index (χ3n) is 2.02. The first-order valence-corrected chi connectivity index (χ1v) is 5.00. The fourth-order valence-corrected chi connectivity index (χ4v) is 1.20. The van der Waals surface area contributed by atoms with Gasteiger partial charge in [-0.05, 0) is 19.1 Å². The lowest BCUT2D eigenvalue weighted by molar-refractivity contribution is -0.159. The molecule has 0 saturated heterocycles. The summed E-state index contributed by atoms with van der Waals surface area (Å²) in [6, 6.07) is 6.16. The van der Waals surface area contributed by atoms with Crippen LogP contribution in [0.4, 0.5) is 0 Å². The number of nitriles is 1. The quantitative estimate of drug-likeness (QED) is 0.708. The highest BCUT2D eigenvalue weighted by Crippen LogP contribution is 2.15. The first kappa shape index (κ1) is 13.1. The maximum atomic E-state index is 11.2. The monoisotopic (exact) mass is 236 g/mol. The third-order valence-corrected chi connectivity index (χ3v) is 2.02. The number of ether oxygens (including phenoxy) is 1. The van der Waals surface area contributed by atoms with Gasteiger partial charge in [0.25, 0.3) is 0 Å². The second-order valence-corrected chi connectivity index (χ2v) is 3.20. The Morgan fingerprint density at radius 3 is 2.88 bits per heavy atom. The normalized spacial score (nSPS) is 13.5. The van der Waals surface area contributed by atoms with Crippen LogP contribution in [0.5, 0.6) is 0 Å². The molecule has 1 aromatic heterocycles. The highest BCUT2D eigenvalue weighted by Gasteiger charge is 2.27. The number of nitrogens with zero attached hydrogens (tertiary/aromatic N) is 2. The van der Waals surface area contributed by atoms with Crippen LogP contribution in [0.2, 0.25) is 0 Å². The van der Waals surface area contributed by atoms with Gasteiger partial charge in [0, 0.05) is 0 Å². The summed E-state index contributed by atoms with van der Waals surface area (Å²) in [6.07, 6.45) is -3.22. The van der Waals surface area contributed by atoms with Crippen molar-refractivity contribution in [2.45, 2.75) is 19.1 Å². The van der Waals surface area contributed by atoms with E-state index in [-0.39, 0.29) is 18.0 Å². The molecule has 6 nitrogen and oxygen atoms in total. The summed E-state index contributed by atoms with van der Waals surface area (Å²) in [7, 11) is 0. The van der Waals surface area contributed by atoms with E-state index in [1.807, 2.05) is 0 Å². The van der Waals surface area contributed by atoms with Crippen molar-refractivity contribution in [2.75, 3.05) is 6.61 Å². The Morgan fingerprint density at radius 1 is 1.59 bits per heavy atom. The molecule has 90 valence electrons. The van der Waals surface area contributed by atoms with Crippen molar-refractivity contribution < 1.29 is 19.7 Å². The number of rotatable bonds is 4. The van der Waals surface area contributed by atoms with Crippen LogP contribution in [0.25, 0.3) is 0 Å². The van der Waals surface area contributed by atoms with Crippen molar-refractivity contribution in [2.24, 2.45) is 0 Å². The summed E-state index contributed by atoms with van der Waals surface area (Å²) in [4.78, 5) is 15.0. The maximum absolute atomic E-state index is 11.2. The lowest BCUT2D eigenvalue weighted by Gasteiger charge is -2.15. The predicted molar refractivity (Wildman–Crippen MR) is 56.6 cm³/mol. The average molecular weight is 236 g/mol. The summed E-state index contributed by atoms with van der Waals surface area (Å²) in [5, 5.41) is 27.8. The van der Waals surface area contributed by atoms with Gasteiger partial charge in [-0.15, -0.1) is 0 Å². The Morgan fingerprint density at radius 2 is 2.29 bits per heavy atom. The molecule has 1 aromatic rings. The molecule has 17 heavy (non-hydrogen) atoms. The van der Waals surface area contributed by atoms with Crippen LogP contribution in [-0.4, -0.2) is 33.9 Å². The zero-order valence-electron chi connectivity index (χ0n) is 9.20. The van der Waals surface area contributed by atoms with Gasteiger partial charge in [0.15, 0.2) is 6.10 Å². The number of hydrogen-bond acceptors (Lipinski definition) is 6. The van der Waals surface area contributed by atoms with Crippen LogP contribution >= 0.6 is 0 Å². The van der Waals surface area contributed by atoms with Gasteiger partial charge in [-0.2, -0.15) is 5.26 Å². The first-order chi connectivity index (χ1) is 8.10. The first-order valence-electron chi connectivity index (χ1n) is 5.00. The molecule has 0 aromatic carbocycles. The van der Waals surface area contributed by atoms with E-state index in [1.165, 1.54) is 18.2 Å². The summed E-state index contributed by atoms with van der Waals surface area (Å²) in [6.45, 7) is 1.69. The van der Waals surface area contributed by atoms with E-state index in [4.69, 9.17) is 5.26 Å². The van der Waals surface area contributed by atoms with Crippen LogP contribution in [0, 0.1) is 11.3 Å². The number of hydrogen-bond donors (Lipinski definition) is 2. The molecule has 0 spiro atoms. The molecule has 2 N–H and O–H groups in total. The number of pyridine rings is 1. The molecule has 1 heterocycles. The molecule has 0 saturated carbocycles. The van der Waals surface area contributed by atoms with Crippen LogP contribution in [0.3, 0.4) is 0 Å². The van der Waals surface area contributed by atoms with Crippen molar-refractivity contribution in [1.29, 1.82) is 5.26 Å². The van der Waals surface area contributed by atoms with E-state index >= 15 is 0 Å². The molecule has 0 aliphatic carbocycles. The highest BCUT2D eigenvalue weighted by atomic mass is 16.5. The molecule has 2 atom stereocenters. The molecular formula is C11H12N2O4. The third kappa shape index (κ3) is 3.24. The van der Waals surface area contributed by atoms with E-state index in [1.54, 1.807) is 13.0 Å². The SMILES string of the molecule is CCOC(=O)C(O)C(O)c1cccc(C#N)n1. The van der Waals surface area contributed by atoms with Crippen LogP contribution in [-0.2, 0) is 9.53 Å². The molecule has 0 aliphatic rings. The van der Waals surface area contributed by atoms with Gasteiger partial charge >= 0.3 is 5.97 Å². The smallest absolute Gasteiger partial charge is 0.338 e. The zero-order chi connectivity index (χ0) is 12.8. The fraction of sp³-hybridized carbons (Fsp3) is 0.364. The predicted octanol–water partition coefficient (Wildman–Crippen LogP) is -0.0893. The molecule has 0 radical (unpaired) electrons. The average Bonchev–Trinajstić information content (AvgIpc) is 2.37. The van der Waals surface area contributed by atoms with E-state index in [0.29, 0.717) is 0 Å². The number of carbonyl (C=O) groups excluding carboxylic acids is 1. The fourth-order valence-electron chi connectivity index (χ4n) is 1.20. The standard InChI is InChI=1S/C11H12N2O4/c1-2-17-11(16)10(15)9(14)8-5-3-4-7(6-12)13-8/h3-5,9-10,14-15H,2H2,1H3. The van der Waals surface area contributed by atoms with E-state index < -0.39 is 18.2 Å². The summed E-state index contributed by atoms with van der Waals surface area (Å²) in [5.41, 5.74) is 0.141. The summed E-state index contributed by atoms with van der Waals surface area (Å²) in [5.74, 6) is -0.927. The van der Waals surface area contributed by atoms with Crippen molar-refractivity contribution in [3.8, 4) is 6.07 Å². The second-order valence-electron chi connectivity index (χ2n) is 3.20. The van der Waals surface area contributed by atoms with E-state index in [0.717, 1.165) is 0 Å². The lowest BCUT2D eigenvalue weighted by Crippen LogP contribution is -2.30. The molecule has 0 bridgehead atoms. The maximum Gasteiger partial charge on any atom is 0.338 e. The van der Waals surface area contributed by atoms with Crippen molar-refractivity contribution >= 4 is 5.97 Å². The molecule has 0 fully saturated rings. The summed E-state index contributed by atoms with van der Waals surface area (Å²) < 4.78 is 4.56. The van der Waals surface area contributed by atoms with Gasteiger partial charge in [0.2, 0.25) is 0 Å². The van der Waals surface area contributed by atoms with Crippen LogP contribution in [0.15, 0.2) is 18.2 Å². The lowest BCUT2D eigenvalue weighted by atomic mass is 10.1. The largest absolute Gasteiger partial charge is 0.464 e. The second kappa shape index (κ2) is 5.94. The van der Waals surface area contributed by atoms with Gasteiger partial charge in [-0.1, -0.05) is 6.07 Å². The van der Waals surface area contributed by atoms with Crippen molar-refractivity contribution in [3.63, 3.8) is 0 Å². The Balaban J connectivity index is 2.85. The van der Waals surface area contributed by atoms with Gasteiger partial charge in [0.1, 0.15) is 17.9 Å². The minimum atomic E-state index is -1.71. The molecule has 0 amide bonds. The Bertz CT molecular complexity index is 441. The minimum absolute atomic E-state index is 0.0459. The van der Waals surface area contributed by atoms with Crippen LogP contribution < -0.4 is 0 Å². The Hall–Kier alpha value is -1.97. The molecule has 2 unspecified atom stereocenters. The molecule has 6 heteroatoms. The van der Waals surface area contributed by atoms with Gasteiger partial charge in [0.05, 0.1) is 12.3 Å². The molecule has 0 aliphatic heterocycles. The Kier molecular flexibility index (Phi) is 4.57. The van der Waals surface area contributed by atoms with Crippen LogP contribution in [0.1, 0.15) is 24.4 Å².